The van der Waals surface area contributed by atoms with Crippen molar-refractivity contribution >= 4 is 36.5 Å². The van der Waals surface area contributed by atoms with Gasteiger partial charge < -0.3 is 0 Å². The van der Waals surface area contributed by atoms with Crippen LogP contribution in [0.1, 0.15) is 31.2 Å². The van der Waals surface area contributed by atoms with E-state index in [4.69, 9.17) is 23.2 Å². The summed E-state index contributed by atoms with van der Waals surface area (Å²) in [5.41, 5.74) is 5.34. The minimum atomic E-state index is -1.56. The Hall–Kier alpha value is -1.02. The zero-order valence-electron chi connectivity index (χ0n) is 14.8. The maximum Gasteiger partial charge on any atom is 0.0815 e. The predicted octanol–water partition coefficient (Wildman–Crippen LogP) is 6.78. The van der Waals surface area contributed by atoms with E-state index in [9.17, 15) is 0 Å². The number of rotatable bonds is 3. The van der Waals surface area contributed by atoms with Gasteiger partial charge in [-0.05, 0) is 52.4 Å². The fourth-order valence-corrected chi connectivity index (χ4v) is 7.38. The van der Waals surface area contributed by atoms with E-state index in [1.54, 1.807) is 0 Å². The Kier molecular flexibility index (Phi) is 4.97. The van der Waals surface area contributed by atoms with Crippen molar-refractivity contribution in [2.75, 3.05) is 0 Å². The number of hydrogen-bond acceptors (Lipinski definition) is 0. The van der Waals surface area contributed by atoms with Crippen molar-refractivity contribution in [2.45, 2.75) is 45.3 Å². The van der Waals surface area contributed by atoms with Crippen molar-refractivity contribution < 1.29 is 0 Å². The van der Waals surface area contributed by atoms with Crippen LogP contribution in [0.25, 0.3) is 0 Å². The van der Waals surface area contributed by atoms with Crippen molar-refractivity contribution in [3.8, 4) is 0 Å². The average molecular weight is 375 g/mol. The van der Waals surface area contributed by atoms with Gasteiger partial charge in [0.05, 0.1) is 8.07 Å². The lowest BCUT2D eigenvalue weighted by Crippen LogP contribution is -2.39. The molecule has 0 saturated carbocycles. The largest absolute Gasteiger partial charge is 0.0844 e. The highest BCUT2D eigenvalue weighted by Gasteiger charge is 2.27. The SMILES string of the molecule is CCC1=CC2=CC=CCC(c3cc(Cl)c([Si](C)(C)C)c(Cl)c3)C2=C1. The summed E-state index contributed by atoms with van der Waals surface area (Å²) in [4.78, 5) is 0. The third-order valence-corrected chi connectivity index (χ3v) is 7.75. The fraction of sp³-hybridized carbons (Fsp3) is 0.333. The molecule has 3 heteroatoms. The van der Waals surface area contributed by atoms with Gasteiger partial charge in [0.25, 0.3) is 0 Å². The summed E-state index contributed by atoms with van der Waals surface area (Å²) in [6.45, 7) is 9.06. The molecule has 3 rings (SSSR count). The minimum Gasteiger partial charge on any atom is -0.0844 e. The number of hydrogen-bond donors (Lipinski definition) is 0. The summed E-state index contributed by atoms with van der Waals surface area (Å²) < 4.78 is 0. The van der Waals surface area contributed by atoms with Crippen molar-refractivity contribution in [1.82, 2.24) is 0 Å². The minimum absolute atomic E-state index is 0.320. The lowest BCUT2D eigenvalue weighted by atomic mass is 9.86. The van der Waals surface area contributed by atoms with Gasteiger partial charge in [0, 0.05) is 16.0 Å². The van der Waals surface area contributed by atoms with Gasteiger partial charge in [-0.3, -0.25) is 0 Å². The summed E-state index contributed by atoms with van der Waals surface area (Å²) >= 11 is 13.3. The lowest BCUT2D eigenvalue weighted by Gasteiger charge is -2.24. The van der Waals surface area contributed by atoms with Crippen molar-refractivity contribution in [2.24, 2.45) is 0 Å². The predicted molar refractivity (Wildman–Crippen MR) is 110 cm³/mol. The van der Waals surface area contributed by atoms with Crippen LogP contribution in [0.15, 0.2) is 59.2 Å². The van der Waals surface area contributed by atoms with Crippen LogP contribution in [-0.4, -0.2) is 8.07 Å². The van der Waals surface area contributed by atoms with Crippen LogP contribution in [0.4, 0.5) is 0 Å². The van der Waals surface area contributed by atoms with Crippen molar-refractivity contribution in [3.63, 3.8) is 0 Å². The van der Waals surface area contributed by atoms with Crippen LogP contribution >= 0.6 is 23.2 Å². The van der Waals surface area contributed by atoms with Crippen molar-refractivity contribution in [3.05, 3.63) is 74.8 Å². The zero-order chi connectivity index (χ0) is 17.5. The Balaban J connectivity index is 2.06. The molecular formula is C21H24Cl2Si. The van der Waals surface area contributed by atoms with Crippen LogP contribution in [0.2, 0.25) is 29.7 Å². The first-order chi connectivity index (χ1) is 11.3. The Morgan fingerprint density at radius 2 is 1.75 bits per heavy atom. The molecule has 0 fully saturated rings. The third-order valence-electron chi connectivity index (χ3n) is 4.80. The molecule has 0 heterocycles. The molecule has 0 radical (unpaired) electrons. The molecule has 0 N–H and O–H groups in total. The molecule has 0 saturated heterocycles. The molecule has 0 nitrogen and oxygen atoms in total. The first kappa shape index (κ1) is 17.8. The molecule has 0 amide bonds. The molecule has 1 atom stereocenters. The van der Waals surface area contributed by atoms with Gasteiger partial charge in [0.1, 0.15) is 0 Å². The number of fused-ring (bicyclic) bond motifs is 1. The molecule has 0 aliphatic heterocycles. The van der Waals surface area contributed by atoms with Crippen molar-refractivity contribution in [1.29, 1.82) is 0 Å². The second kappa shape index (κ2) is 6.71. The summed E-state index contributed by atoms with van der Waals surface area (Å²) in [6.07, 6.45) is 13.3. The van der Waals surface area contributed by atoms with Crippen LogP contribution < -0.4 is 5.19 Å². The molecule has 2 aliphatic rings. The molecule has 0 spiro atoms. The van der Waals surface area contributed by atoms with Gasteiger partial charge in [-0.25, -0.2) is 0 Å². The van der Waals surface area contributed by atoms with Gasteiger partial charge in [-0.1, -0.05) is 80.1 Å². The molecule has 1 aromatic rings. The summed E-state index contributed by atoms with van der Waals surface area (Å²) in [5.74, 6) is 0.320. The highest BCUT2D eigenvalue weighted by molar-refractivity contribution is 6.91. The summed E-state index contributed by atoms with van der Waals surface area (Å²) in [7, 11) is -1.56. The quantitative estimate of drug-likeness (QED) is 0.511. The number of allylic oxidation sites excluding steroid dienone is 8. The van der Waals surface area contributed by atoms with Crippen LogP contribution in [0, 0.1) is 0 Å². The molecule has 1 aromatic carbocycles. The Morgan fingerprint density at radius 1 is 1.08 bits per heavy atom. The number of benzene rings is 1. The smallest absolute Gasteiger partial charge is 0.0815 e. The van der Waals surface area contributed by atoms with E-state index < -0.39 is 8.07 Å². The van der Waals surface area contributed by atoms with E-state index in [0.717, 1.165) is 22.9 Å². The Labute approximate surface area is 156 Å². The van der Waals surface area contributed by atoms with Crippen LogP contribution in [-0.2, 0) is 0 Å². The normalized spacial score (nSPS) is 20.2. The van der Waals surface area contributed by atoms with E-state index in [2.05, 4.69) is 69.1 Å². The summed E-state index contributed by atoms with van der Waals surface area (Å²) in [6, 6.07) is 4.29. The second-order valence-electron chi connectivity index (χ2n) is 7.62. The molecule has 24 heavy (non-hydrogen) atoms. The molecule has 1 unspecified atom stereocenters. The Morgan fingerprint density at radius 3 is 2.33 bits per heavy atom. The molecule has 0 aromatic heterocycles. The first-order valence-electron chi connectivity index (χ1n) is 8.60. The second-order valence-corrected chi connectivity index (χ2v) is 13.4. The fourth-order valence-electron chi connectivity index (χ4n) is 3.60. The van der Waals surface area contributed by atoms with Gasteiger partial charge in [-0.2, -0.15) is 0 Å². The molecular weight excluding hydrogens is 351 g/mol. The maximum atomic E-state index is 6.66. The van der Waals surface area contributed by atoms with E-state index in [-0.39, 0.29) is 0 Å². The highest BCUT2D eigenvalue weighted by Crippen LogP contribution is 2.41. The van der Waals surface area contributed by atoms with Gasteiger partial charge in [-0.15, -0.1) is 0 Å². The van der Waals surface area contributed by atoms with Gasteiger partial charge in [0.2, 0.25) is 0 Å². The van der Waals surface area contributed by atoms with E-state index in [1.807, 2.05) is 0 Å². The molecule has 126 valence electrons. The highest BCUT2D eigenvalue weighted by atomic mass is 35.5. The van der Waals surface area contributed by atoms with E-state index in [0.29, 0.717) is 5.92 Å². The zero-order valence-corrected chi connectivity index (χ0v) is 17.3. The summed E-state index contributed by atoms with van der Waals surface area (Å²) in [5, 5.41) is 2.83. The topological polar surface area (TPSA) is 0 Å². The van der Waals surface area contributed by atoms with Crippen LogP contribution in [0.5, 0.6) is 0 Å². The Bertz CT molecular complexity index is 766. The van der Waals surface area contributed by atoms with Gasteiger partial charge in [0.15, 0.2) is 0 Å². The lowest BCUT2D eigenvalue weighted by molar-refractivity contribution is 0.828. The molecule has 2 aliphatic carbocycles. The standard InChI is InChI=1S/C21H24Cl2Si/c1-5-14-10-15-8-6-7-9-17(18(15)11-14)16-12-19(22)21(20(23)13-16)24(2,3)4/h6-8,10-13,17H,5,9H2,1-4H3. The maximum absolute atomic E-state index is 6.66. The number of halogens is 2. The molecule has 0 bridgehead atoms. The van der Waals surface area contributed by atoms with Gasteiger partial charge >= 0.3 is 0 Å². The average Bonchev–Trinajstić information content (AvgIpc) is 2.78. The van der Waals surface area contributed by atoms with E-state index >= 15 is 0 Å². The monoisotopic (exact) mass is 374 g/mol. The van der Waals surface area contributed by atoms with Crippen LogP contribution in [0.3, 0.4) is 0 Å². The third kappa shape index (κ3) is 3.35. The van der Waals surface area contributed by atoms with E-state index in [1.165, 1.54) is 27.5 Å². The first-order valence-corrected chi connectivity index (χ1v) is 12.9.